The van der Waals surface area contributed by atoms with Crippen molar-refractivity contribution in [2.24, 2.45) is 0 Å². The van der Waals surface area contributed by atoms with Crippen molar-refractivity contribution in [3.05, 3.63) is 114 Å². The van der Waals surface area contributed by atoms with Gasteiger partial charge in [0.1, 0.15) is 12.4 Å². The minimum Gasteiger partial charge on any atom is -0.491 e. The lowest BCUT2D eigenvalue weighted by Crippen LogP contribution is -2.06. The standard InChI is InChI=1S/C27H26O3/c1-21(2)24-13-8-23(9-14-24)20-29-18-19-30-26-15-10-22(11-16-26)12-17-27(28)25-6-4-3-5-7-25/h3-17H,1,18-20H2,2H3/b17-12+. The molecular weight excluding hydrogens is 372 g/mol. The van der Waals surface area contributed by atoms with Crippen molar-refractivity contribution < 1.29 is 14.3 Å². The van der Waals surface area contributed by atoms with Gasteiger partial charge >= 0.3 is 0 Å². The summed E-state index contributed by atoms with van der Waals surface area (Å²) >= 11 is 0. The SMILES string of the molecule is C=C(C)c1ccc(COCCOc2ccc(/C=C/C(=O)c3ccccc3)cc2)cc1. The number of carbonyl (C=O) groups excluding carboxylic acids is 1. The lowest BCUT2D eigenvalue weighted by molar-refractivity contribution is 0.0889. The molecule has 0 saturated carbocycles. The van der Waals surface area contributed by atoms with Crippen molar-refractivity contribution in [3.8, 4) is 5.75 Å². The predicted octanol–water partition coefficient (Wildman–Crippen LogP) is 6.21. The van der Waals surface area contributed by atoms with Crippen molar-refractivity contribution in [1.82, 2.24) is 0 Å². The van der Waals surface area contributed by atoms with Crippen LogP contribution in [0, 0.1) is 0 Å². The van der Waals surface area contributed by atoms with Crippen molar-refractivity contribution in [3.63, 3.8) is 0 Å². The van der Waals surface area contributed by atoms with Gasteiger partial charge in [0.25, 0.3) is 0 Å². The number of ketones is 1. The van der Waals surface area contributed by atoms with Gasteiger partial charge in [0.05, 0.1) is 13.2 Å². The van der Waals surface area contributed by atoms with Crippen LogP contribution in [-0.4, -0.2) is 19.0 Å². The van der Waals surface area contributed by atoms with Crippen molar-refractivity contribution in [2.75, 3.05) is 13.2 Å². The van der Waals surface area contributed by atoms with Crippen LogP contribution in [0.4, 0.5) is 0 Å². The largest absolute Gasteiger partial charge is 0.491 e. The molecule has 0 radical (unpaired) electrons. The van der Waals surface area contributed by atoms with Gasteiger partial charge in [-0.1, -0.05) is 85.0 Å². The summed E-state index contributed by atoms with van der Waals surface area (Å²) in [7, 11) is 0. The maximum atomic E-state index is 12.1. The Balaban J connectivity index is 1.39. The average molecular weight is 399 g/mol. The molecule has 0 aliphatic carbocycles. The molecule has 0 aliphatic heterocycles. The Bertz CT molecular complexity index is 985. The third-order valence-electron chi connectivity index (χ3n) is 4.58. The Kier molecular flexibility index (Phi) is 7.76. The van der Waals surface area contributed by atoms with Gasteiger partial charge in [-0.3, -0.25) is 4.79 Å². The van der Waals surface area contributed by atoms with Crippen molar-refractivity contribution >= 4 is 17.4 Å². The average Bonchev–Trinajstić information content (AvgIpc) is 2.79. The fraction of sp³-hybridized carbons (Fsp3) is 0.148. The molecule has 3 aromatic rings. The van der Waals surface area contributed by atoms with E-state index in [-0.39, 0.29) is 5.78 Å². The van der Waals surface area contributed by atoms with Crippen LogP contribution >= 0.6 is 0 Å². The summed E-state index contributed by atoms with van der Waals surface area (Å²) in [6.07, 6.45) is 3.39. The van der Waals surface area contributed by atoms with Gasteiger partial charge in [-0.2, -0.15) is 0 Å². The Morgan fingerprint density at radius 2 is 1.57 bits per heavy atom. The van der Waals surface area contributed by atoms with E-state index in [4.69, 9.17) is 9.47 Å². The summed E-state index contributed by atoms with van der Waals surface area (Å²) in [5, 5.41) is 0. The highest BCUT2D eigenvalue weighted by Crippen LogP contribution is 2.15. The molecule has 30 heavy (non-hydrogen) atoms. The summed E-state index contributed by atoms with van der Waals surface area (Å²) < 4.78 is 11.4. The number of benzene rings is 3. The normalized spacial score (nSPS) is 10.8. The Morgan fingerprint density at radius 3 is 2.23 bits per heavy atom. The van der Waals surface area contributed by atoms with E-state index < -0.39 is 0 Å². The molecule has 3 nitrogen and oxygen atoms in total. The number of allylic oxidation sites excluding steroid dienone is 2. The number of carbonyl (C=O) groups is 1. The maximum absolute atomic E-state index is 12.1. The summed E-state index contributed by atoms with van der Waals surface area (Å²) in [4.78, 5) is 12.1. The van der Waals surface area contributed by atoms with Gasteiger partial charge in [0.15, 0.2) is 5.78 Å². The number of rotatable bonds is 10. The molecule has 3 rings (SSSR count). The maximum Gasteiger partial charge on any atom is 0.185 e. The topological polar surface area (TPSA) is 35.5 Å². The number of hydrogen-bond acceptors (Lipinski definition) is 3. The highest BCUT2D eigenvalue weighted by atomic mass is 16.5. The van der Waals surface area contributed by atoms with E-state index in [1.54, 1.807) is 12.2 Å². The van der Waals surface area contributed by atoms with Crippen LogP contribution in [0.3, 0.4) is 0 Å². The molecule has 0 spiro atoms. The molecule has 0 atom stereocenters. The van der Waals surface area contributed by atoms with Crippen LogP contribution in [0.1, 0.15) is 34.0 Å². The molecule has 0 amide bonds. The Labute approximate surface area is 178 Å². The summed E-state index contributed by atoms with van der Waals surface area (Å²) in [6.45, 7) is 7.48. The molecule has 0 bridgehead atoms. The molecule has 0 heterocycles. The molecule has 0 unspecified atom stereocenters. The van der Waals surface area contributed by atoms with Crippen LogP contribution in [0.5, 0.6) is 5.75 Å². The first-order valence-corrected chi connectivity index (χ1v) is 9.95. The molecule has 0 aliphatic rings. The summed E-state index contributed by atoms with van der Waals surface area (Å²) in [5.41, 5.74) is 4.95. The first-order valence-electron chi connectivity index (χ1n) is 9.95. The third kappa shape index (κ3) is 6.57. The quantitative estimate of drug-likeness (QED) is 0.231. The second-order valence-electron chi connectivity index (χ2n) is 7.01. The highest BCUT2D eigenvalue weighted by molar-refractivity contribution is 6.06. The van der Waals surface area contributed by atoms with Gasteiger partial charge in [0.2, 0.25) is 0 Å². The molecular formula is C27H26O3. The molecule has 0 saturated heterocycles. The fourth-order valence-electron chi connectivity index (χ4n) is 2.84. The Morgan fingerprint density at radius 1 is 0.867 bits per heavy atom. The number of ether oxygens (including phenoxy) is 2. The van der Waals surface area contributed by atoms with Crippen molar-refractivity contribution in [1.29, 1.82) is 0 Å². The molecule has 3 heteroatoms. The van der Waals surface area contributed by atoms with Gasteiger partial charge in [-0.25, -0.2) is 0 Å². The lowest BCUT2D eigenvalue weighted by atomic mass is 10.1. The van der Waals surface area contributed by atoms with E-state index in [1.165, 1.54) is 0 Å². The first kappa shape index (κ1) is 21.3. The van der Waals surface area contributed by atoms with Crippen LogP contribution < -0.4 is 4.74 Å². The third-order valence-corrected chi connectivity index (χ3v) is 4.58. The van der Waals surface area contributed by atoms with Gasteiger partial charge in [0, 0.05) is 5.56 Å². The minimum absolute atomic E-state index is 0.0117. The summed E-state index contributed by atoms with van der Waals surface area (Å²) in [6, 6.07) is 25.1. The van der Waals surface area contributed by atoms with Gasteiger partial charge in [-0.15, -0.1) is 0 Å². The fourth-order valence-corrected chi connectivity index (χ4v) is 2.84. The first-order chi connectivity index (χ1) is 14.6. The van der Waals surface area contributed by atoms with E-state index in [9.17, 15) is 4.79 Å². The van der Waals surface area contributed by atoms with Gasteiger partial charge < -0.3 is 9.47 Å². The second kappa shape index (κ2) is 10.9. The van der Waals surface area contributed by atoms with Crippen LogP contribution in [0.15, 0.2) is 91.5 Å². The van der Waals surface area contributed by atoms with E-state index >= 15 is 0 Å². The Hall–Kier alpha value is -3.43. The van der Waals surface area contributed by atoms with Crippen LogP contribution in [0.25, 0.3) is 11.6 Å². The summed E-state index contributed by atoms with van der Waals surface area (Å²) in [5.74, 6) is 0.762. The smallest absolute Gasteiger partial charge is 0.185 e. The zero-order valence-electron chi connectivity index (χ0n) is 17.2. The predicted molar refractivity (Wildman–Crippen MR) is 123 cm³/mol. The molecule has 0 aromatic heterocycles. The van der Waals surface area contributed by atoms with E-state index in [0.717, 1.165) is 28.0 Å². The molecule has 0 fully saturated rings. The second-order valence-corrected chi connectivity index (χ2v) is 7.01. The van der Waals surface area contributed by atoms with E-state index in [2.05, 4.69) is 30.8 Å². The monoisotopic (exact) mass is 398 g/mol. The zero-order valence-corrected chi connectivity index (χ0v) is 17.2. The van der Waals surface area contributed by atoms with E-state index in [0.29, 0.717) is 25.4 Å². The van der Waals surface area contributed by atoms with E-state index in [1.807, 2.05) is 61.5 Å². The molecule has 0 N–H and O–H groups in total. The minimum atomic E-state index is -0.0117. The highest BCUT2D eigenvalue weighted by Gasteiger charge is 2.00. The van der Waals surface area contributed by atoms with Crippen molar-refractivity contribution in [2.45, 2.75) is 13.5 Å². The zero-order chi connectivity index (χ0) is 21.2. The van der Waals surface area contributed by atoms with Crippen LogP contribution in [0.2, 0.25) is 0 Å². The van der Waals surface area contributed by atoms with Crippen LogP contribution in [-0.2, 0) is 11.3 Å². The van der Waals surface area contributed by atoms with Gasteiger partial charge in [-0.05, 0) is 41.8 Å². The lowest BCUT2D eigenvalue weighted by Gasteiger charge is -2.08. The molecule has 3 aromatic carbocycles. The number of hydrogen-bond donors (Lipinski definition) is 0. The molecule has 152 valence electrons.